The Kier molecular flexibility index (Phi) is 4.47. The topological polar surface area (TPSA) is 59.1 Å². The smallest absolute Gasteiger partial charge is 0.158 e. The van der Waals surface area contributed by atoms with Gasteiger partial charge in [0.1, 0.15) is 24.1 Å². The van der Waals surface area contributed by atoms with Crippen molar-refractivity contribution in [2.24, 2.45) is 0 Å². The van der Waals surface area contributed by atoms with Crippen LogP contribution in [0.25, 0.3) is 0 Å². The lowest BCUT2D eigenvalue weighted by atomic mass is 10.2. The van der Waals surface area contributed by atoms with Gasteiger partial charge in [-0.1, -0.05) is 6.07 Å². The van der Waals surface area contributed by atoms with Gasteiger partial charge in [0.05, 0.1) is 5.69 Å². The standard InChI is InChI=1S/C14H17FN4O/c1-9-4-5-11(10(15)6-9)17-13-7-12(16-2)18-14(19-13)8-20-3/h4-7H,8H2,1-3H3,(H2,16,17,18,19). The Morgan fingerprint density at radius 3 is 2.60 bits per heavy atom. The Morgan fingerprint density at radius 2 is 1.95 bits per heavy atom. The van der Waals surface area contributed by atoms with Crippen LogP contribution < -0.4 is 10.6 Å². The highest BCUT2D eigenvalue weighted by Crippen LogP contribution is 2.21. The zero-order valence-corrected chi connectivity index (χ0v) is 11.7. The SMILES string of the molecule is CNc1cc(Nc2ccc(C)cc2F)nc(COC)n1. The van der Waals surface area contributed by atoms with E-state index in [1.54, 1.807) is 26.3 Å². The number of ether oxygens (including phenoxy) is 1. The summed E-state index contributed by atoms with van der Waals surface area (Å²) in [6, 6.07) is 6.69. The third-order valence-electron chi connectivity index (χ3n) is 2.69. The fourth-order valence-corrected chi connectivity index (χ4v) is 1.74. The van der Waals surface area contributed by atoms with Crippen LogP contribution in [0.2, 0.25) is 0 Å². The van der Waals surface area contributed by atoms with E-state index in [4.69, 9.17) is 4.74 Å². The first-order valence-corrected chi connectivity index (χ1v) is 6.20. The molecule has 6 heteroatoms. The van der Waals surface area contributed by atoms with Crippen molar-refractivity contribution in [3.8, 4) is 0 Å². The summed E-state index contributed by atoms with van der Waals surface area (Å²) >= 11 is 0. The summed E-state index contributed by atoms with van der Waals surface area (Å²) in [7, 11) is 3.33. The zero-order chi connectivity index (χ0) is 14.5. The number of rotatable bonds is 5. The molecule has 0 aliphatic carbocycles. The minimum atomic E-state index is -0.317. The predicted octanol–water partition coefficient (Wildman–Crippen LogP) is 2.86. The third kappa shape index (κ3) is 3.42. The van der Waals surface area contributed by atoms with E-state index >= 15 is 0 Å². The van der Waals surface area contributed by atoms with Crippen molar-refractivity contribution in [2.45, 2.75) is 13.5 Å². The molecule has 0 fully saturated rings. The molecular formula is C14H17FN4O. The molecule has 2 aromatic rings. The van der Waals surface area contributed by atoms with E-state index in [9.17, 15) is 4.39 Å². The fraction of sp³-hybridized carbons (Fsp3) is 0.286. The molecule has 2 rings (SSSR count). The second-order valence-corrected chi connectivity index (χ2v) is 4.35. The van der Waals surface area contributed by atoms with E-state index in [1.807, 2.05) is 13.0 Å². The summed E-state index contributed by atoms with van der Waals surface area (Å²) in [6.07, 6.45) is 0. The summed E-state index contributed by atoms with van der Waals surface area (Å²) in [6.45, 7) is 2.13. The van der Waals surface area contributed by atoms with Gasteiger partial charge in [-0.05, 0) is 24.6 Å². The molecular weight excluding hydrogens is 259 g/mol. The lowest BCUT2D eigenvalue weighted by Crippen LogP contribution is -2.05. The van der Waals surface area contributed by atoms with Gasteiger partial charge in [-0.15, -0.1) is 0 Å². The summed E-state index contributed by atoms with van der Waals surface area (Å²) in [4.78, 5) is 8.51. The van der Waals surface area contributed by atoms with E-state index in [2.05, 4.69) is 20.6 Å². The van der Waals surface area contributed by atoms with Crippen LogP contribution in [0.1, 0.15) is 11.4 Å². The van der Waals surface area contributed by atoms with E-state index in [-0.39, 0.29) is 5.82 Å². The monoisotopic (exact) mass is 276 g/mol. The Bertz CT molecular complexity index is 604. The van der Waals surface area contributed by atoms with Crippen molar-refractivity contribution in [1.29, 1.82) is 0 Å². The molecule has 1 aromatic heterocycles. The highest BCUT2D eigenvalue weighted by Gasteiger charge is 2.07. The molecule has 106 valence electrons. The van der Waals surface area contributed by atoms with Crippen molar-refractivity contribution < 1.29 is 9.13 Å². The number of aryl methyl sites for hydroxylation is 1. The van der Waals surface area contributed by atoms with Crippen molar-refractivity contribution in [2.75, 3.05) is 24.8 Å². The molecule has 20 heavy (non-hydrogen) atoms. The fourth-order valence-electron chi connectivity index (χ4n) is 1.74. The van der Waals surface area contributed by atoms with Crippen molar-refractivity contribution >= 4 is 17.3 Å². The number of benzene rings is 1. The molecule has 0 aliphatic rings. The third-order valence-corrected chi connectivity index (χ3v) is 2.69. The average Bonchev–Trinajstić information content (AvgIpc) is 2.42. The van der Waals surface area contributed by atoms with Crippen LogP contribution >= 0.6 is 0 Å². The zero-order valence-electron chi connectivity index (χ0n) is 11.7. The van der Waals surface area contributed by atoms with Gasteiger partial charge in [-0.25, -0.2) is 14.4 Å². The second kappa shape index (κ2) is 6.29. The highest BCUT2D eigenvalue weighted by molar-refractivity contribution is 5.60. The Hall–Kier alpha value is -2.21. The van der Waals surface area contributed by atoms with Crippen molar-refractivity contribution in [3.05, 3.63) is 41.5 Å². The van der Waals surface area contributed by atoms with Crippen LogP contribution in [0.3, 0.4) is 0 Å². The molecule has 0 aliphatic heterocycles. The number of nitrogens with one attached hydrogen (secondary N) is 2. The lowest BCUT2D eigenvalue weighted by Gasteiger charge is -2.10. The van der Waals surface area contributed by atoms with E-state index in [0.29, 0.717) is 29.8 Å². The number of anilines is 3. The Labute approximate surface area is 117 Å². The number of hydrogen-bond acceptors (Lipinski definition) is 5. The minimum absolute atomic E-state index is 0.292. The van der Waals surface area contributed by atoms with Crippen molar-refractivity contribution in [1.82, 2.24) is 9.97 Å². The maximum atomic E-state index is 13.8. The first kappa shape index (κ1) is 14.2. The molecule has 0 saturated carbocycles. The van der Waals surface area contributed by atoms with Gasteiger partial charge in [0, 0.05) is 20.2 Å². The molecule has 0 amide bonds. The van der Waals surface area contributed by atoms with Gasteiger partial charge in [0.2, 0.25) is 0 Å². The van der Waals surface area contributed by atoms with Gasteiger partial charge in [0.25, 0.3) is 0 Å². The summed E-state index contributed by atoms with van der Waals surface area (Å²) < 4.78 is 18.8. The quantitative estimate of drug-likeness (QED) is 0.879. The number of methoxy groups -OCH3 is 1. The van der Waals surface area contributed by atoms with Crippen LogP contribution in [0.5, 0.6) is 0 Å². The number of halogens is 1. The van der Waals surface area contributed by atoms with Gasteiger partial charge >= 0.3 is 0 Å². The van der Waals surface area contributed by atoms with E-state index in [1.165, 1.54) is 6.07 Å². The van der Waals surface area contributed by atoms with Crippen LogP contribution in [0.15, 0.2) is 24.3 Å². The molecule has 2 N–H and O–H groups in total. The normalized spacial score (nSPS) is 10.4. The Morgan fingerprint density at radius 1 is 1.20 bits per heavy atom. The lowest BCUT2D eigenvalue weighted by molar-refractivity contribution is 0.178. The van der Waals surface area contributed by atoms with E-state index < -0.39 is 0 Å². The molecule has 0 atom stereocenters. The van der Waals surface area contributed by atoms with Crippen LogP contribution in [-0.2, 0) is 11.3 Å². The van der Waals surface area contributed by atoms with Crippen LogP contribution in [0, 0.1) is 12.7 Å². The van der Waals surface area contributed by atoms with Crippen LogP contribution in [0.4, 0.5) is 21.7 Å². The maximum Gasteiger partial charge on any atom is 0.158 e. The highest BCUT2D eigenvalue weighted by atomic mass is 19.1. The Balaban J connectivity index is 2.29. The number of aromatic nitrogens is 2. The maximum absolute atomic E-state index is 13.8. The first-order chi connectivity index (χ1) is 9.62. The summed E-state index contributed by atoms with van der Waals surface area (Å²) in [5.41, 5.74) is 1.24. The first-order valence-electron chi connectivity index (χ1n) is 6.20. The van der Waals surface area contributed by atoms with Gasteiger partial charge in [0.15, 0.2) is 5.82 Å². The molecule has 0 bridgehead atoms. The van der Waals surface area contributed by atoms with Gasteiger partial charge in [-0.3, -0.25) is 0 Å². The molecule has 1 aromatic carbocycles. The molecule has 0 unspecified atom stereocenters. The molecule has 1 heterocycles. The van der Waals surface area contributed by atoms with Crippen LogP contribution in [-0.4, -0.2) is 24.1 Å². The minimum Gasteiger partial charge on any atom is -0.377 e. The molecule has 0 spiro atoms. The average molecular weight is 276 g/mol. The number of hydrogen-bond donors (Lipinski definition) is 2. The molecule has 0 saturated heterocycles. The summed E-state index contributed by atoms with van der Waals surface area (Å²) in [5.74, 6) is 1.36. The van der Waals surface area contributed by atoms with Gasteiger partial charge < -0.3 is 15.4 Å². The molecule has 0 radical (unpaired) electrons. The predicted molar refractivity (Wildman–Crippen MR) is 76.7 cm³/mol. The summed E-state index contributed by atoms with van der Waals surface area (Å²) in [5, 5.41) is 5.89. The molecule has 5 nitrogen and oxygen atoms in total. The number of nitrogens with zero attached hydrogens (tertiary/aromatic N) is 2. The van der Waals surface area contributed by atoms with Gasteiger partial charge in [-0.2, -0.15) is 0 Å². The largest absolute Gasteiger partial charge is 0.377 e. The van der Waals surface area contributed by atoms with E-state index in [0.717, 1.165) is 5.56 Å². The second-order valence-electron chi connectivity index (χ2n) is 4.35. The van der Waals surface area contributed by atoms with Crippen molar-refractivity contribution in [3.63, 3.8) is 0 Å².